The Kier molecular flexibility index (Phi) is 10.8. The van der Waals surface area contributed by atoms with Crippen molar-refractivity contribution in [2.24, 2.45) is 16.6 Å². The van der Waals surface area contributed by atoms with Crippen LogP contribution in [-0.2, 0) is 16.1 Å². The van der Waals surface area contributed by atoms with Crippen LogP contribution in [0, 0.1) is 5.92 Å². The smallest absolute Gasteiger partial charge is 0.241 e. The average Bonchev–Trinajstić information content (AvgIpc) is 2.62. The molecule has 0 radical (unpaired) electrons. The second-order valence-electron chi connectivity index (χ2n) is 7.03. The van der Waals surface area contributed by atoms with Gasteiger partial charge in [-0.25, -0.2) is 4.99 Å². The average molecular weight is 566 g/mol. The van der Waals surface area contributed by atoms with E-state index < -0.39 is 0 Å². The number of carbonyl (C=O) groups is 2. The molecule has 3 N–H and O–H groups in total. The summed E-state index contributed by atoms with van der Waals surface area (Å²) in [5.74, 6) is 0.630. The van der Waals surface area contributed by atoms with Crippen molar-refractivity contribution in [1.29, 1.82) is 0 Å². The quantitative estimate of drug-likeness (QED) is 0.314. The standard InChI is InChI=1S/C19H28BrN5O2.HI/c1-24(2)18(27)12-23-19(22-11-14-5-7-16(20)8-6-14)25-9-3-4-15(13-25)10-17(21)26;/h5-8,15H,3-4,9-13H2,1-2H3,(H2,21,26)(H,22,23);1H. The minimum absolute atomic E-state index is 0. The summed E-state index contributed by atoms with van der Waals surface area (Å²) in [4.78, 5) is 31.6. The maximum atomic E-state index is 12.0. The van der Waals surface area contributed by atoms with Crippen LogP contribution in [0.4, 0.5) is 0 Å². The fourth-order valence-corrected chi connectivity index (χ4v) is 3.31. The maximum Gasteiger partial charge on any atom is 0.241 e. The number of hydrogen-bond donors (Lipinski definition) is 2. The number of nitrogens with zero attached hydrogens (tertiary/aromatic N) is 3. The topological polar surface area (TPSA) is 91.0 Å². The molecule has 0 aromatic heterocycles. The van der Waals surface area contributed by atoms with Gasteiger partial charge in [0.25, 0.3) is 0 Å². The molecular weight excluding hydrogens is 537 g/mol. The first-order chi connectivity index (χ1) is 12.8. The van der Waals surface area contributed by atoms with Crippen LogP contribution < -0.4 is 11.1 Å². The third-order valence-electron chi connectivity index (χ3n) is 4.53. The van der Waals surface area contributed by atoms with E-state index in [9.17, 15) is 9.59 Å². The van der Waals surface area contributed by atoms with E-state index in [0.29, 0.717) is 25.5 Å². The molecule has 1 heterocycles. The Morgan fingerprint density at radius 2 is 2.00 bits per heavy atom. The number of rotatable bonds is 6. The molecule has 1 fully saturated rings. The number of likely N-dealkylation sites (N-methyl/N-ethyl adjacent to an activating group) is 1. The molecule has 1 aliphatic heterocycles. The van der Waals surface area contributed by atoms with Gasteiger partial charge < -0.3 is 20.9 Å². The number of carbonyl (C=O) groups excluding carboxylic acids is 2. The number of nitrogens with one attached hydrogen (secondary N) is 1. The number of amides is 2. The fraction of sp³-hybridized carbons (Fsp3) is 0.526. The van der Waals surface area contributed by atoms with E-state index >= 15 is 0 Å². The summed E-state index contributed by atoms with van der Waals surface area (Å²) < 4.78 is 1.02. The van der Waals surface area contributed by atoms with Crippen LogP contribution in [0.15, 0.2) is 33.7 Å². The Bertz CT molecular complexity index is 681. The van der Waals surface area contributed by atoms with Crippen LogP contribution in [0.1, 0.15) is 24.8 Å². The van der Waals surface area contributed by atoms with Gasteiger partial charge in [0.15, 0.2) is 5.96 Å². The molecule has 1 atom stereocenters. The predicted molar refractivity (Wildman–Crippen MR) is 126 cm³/mol. The summed E-state index contributed by atoms with van der Waals surface area (Å²) in [5.41, 5.74) is 6.45. The molecule has 28 heavy (non-hydrogen) atoms. The van der Waals surface area contributed by atoms with Gasteiger partial charge in [-0.1, -0.05) is 28.1 Å². The molecule has 0 saturated carbocycles. The Labute approximate surface area is 192 Å². The van der Waals surface area contributed by atoms with Crippen molar-refractivity contribution < 1.29 is 9.59 Å². The third-order valence-corrected chi connectivity index (χ3v) is 5.06. The molecule has 1 aliphatic rings. The van der Waals surface area contributed by atoms with Crippen LogP contribution in [0.25, 0.3) is 0 Å². The summed E-state index contributed by atoms with van der Waals surface area (Å²) >= 11 is 3.43. The van der Waals surface area contributed by atoms with Crippen molar-refractivity contribution in [1.82, 2.24) is 15.1 Å². The van der Waals surface area contributed by atoms with E-state index in [1.54, 1.807) is 19.0 Å². The first-order valence-electron chi connectivity index (χ1n) is 9.11. The number of aliphatic imine (C=N–C) groups is 1. The Morgan fingerprint density at radius 1 is 1.32 bits per heavy atom. The molecular formula is C19H29BrIN5O2. The Hall–Kier alpha value is -1.36. The summed E-state index contributed by atoms with van der Waals surface area (Å²) in [6.07, 6.45) is 2.34. The highest BCUT2D eigenvalue weighted by Crippen LogP contribution is 2.19. The number of nitrogens with two attached hydrogens (primary N) is 1. The predicted octanol–water partition coefficient (Wildman–Crippen LogP) is 2.19. The van der Waals surface area contributed by atoms with Gasteiger partial charge in [0.2, 0.25) is 11.8 Å². The van der Waals surface area contributed by atoms with Crippen molar-refractivity contribution in [3.63, 3.8) is 0 Å². The summed E-state index contributed by atoms with van der Waals surface area (Å²) in [6, 6.07) is 8.00. The van der Waals surface area contributed by atoms with Crippen molar-refractivity contribution in [2.75, 3.05) is 33.7 Å². The van der Waals surface area contributed by atoms with Gasteiger partial charge in [0.05, 0.1) is 13.1 Å². The van der Waals surface area contributed by atoms with E-state index in [1.165, 1.54) is 0 Å². The zero-order valence-electron chi connectivity index (χ0n) is 16.4. The van der Waals surface area contributed by atoms with Gasteiger partial charge in [0, 0.05) is 38.1 Å². The van der Waals surface area contributed by atoms with Gasteiger partial charge >= 0.3 is 0 Å². The second kappa shape index (κ2) is 12.3. The number of likely N-dealkylation sites (tertiary alicyclic amines) is 1. The molecule has 2 amide bonds. The lowest BCUT2D eigenvalue weighted by Gasteiger charge is -2.34. The number of halogens is 2. The number of piperidine rings is 1. The highest BCUT2D eigenvalue weighted by atomic mass is 127. The van der Waals surface area contributed by atoms with E-state index in [4.69, 9.17) is 10.7 Å². The summed E-state index contributed by atoms with van der Waals surface area (Å²) in [6.45, 7) is 2.26. The first kappa shape index (κ1) is 24.7. The van der Waals surface area contributed by atoms with Gasteiger partial charge in [-0.3, -0.25) is 9.59 Å². The minimum Gasteiger partial charge on any atom is -0.370 e. The molecule has 1 unspecified atom stereocenters. The van der Waals surface area contributed by atoms with E-state index in [0.717, 1.165) is 29.4 Å². The number of benzene rings is 1. The summed E-state index contributed by atoms with van der Waals surface area (Å²) in [7, 11) is 3.46. The lowest BCUT2D eigenvalue weighted by molar-refractivity contribution is -0.127. The Balaban J connectivity index is 0.00000392. The Morgan fingerprint density at radius 3 is 2.61 bits per heavy atom. The van der Waals surface area contributed by atoms with Gasteiger partial charge in [-0.15, -0.1) is 24.0 Å². The van der Waals surface area contributed by atoms with Crippen LogP contribution in [0.3, 0.4) is 0 Å². The maximum absolute atomic E-state index is 12.0. The zero-order chi connectivity index (χ0) is 19.8. The monoisotopic (exact) mass is 565 g/mol. The molecule has 1 saturated heterocycles. The number of guanidine groups is 1. The molecule has 0 aliphatic carbocycles. The second-order valence-corrected chi connectivity index (χ2v) is 7.95. The number of hydrogen-bond acceptors (Lipinski definition) is 3. The highest BCUT2D eigenvalue weighted by Gasteiger charge is 2.24. The number of primary amides is 1. The molecule has 2 rings (SSSR count). The lowest BCUT2D eigenvalue weighted by Crippen LogP contribution is -2.49. The normalized spacial score (nSPS) is 16.9. The molecule has 0 bridgehead atoms. The van der Waals surface area contributed by atoms with Gasteiger partial charge in [-0.05, 0) is 36.5 Å². The van der Waals surface area contributed by atoms with E-state index in [1.807, 2.05) is 24.3 Å². The summed E-state index contributed by atoms with van der Waals surface area (Å²) in [5, 5.41) is 3.19. The van der Waals surface area contributed by atoms with Crippen molar-refractivity contribution in [3.8, 4) is 0 Å². The molecule has 156 valence electrons. The minimum atomic E-state index is -0.272. The fourth-order valence-electron chi connectivity index (χ4n) is 3.05. The third kappa shape index (κ3) is 8.34. The lowest BCUT2D eigenvalue weighted by atomic mass is 9.95. The zero-order valence-corrected chi connectivity index (χ0v) is 20.3. The molecule has 7 nitrogen and oxygen atoms in total. The van der Waals surface area contributed by atoms with E-state index in [-0.39, 0.29) is 48.3 Å². The molecule has 1 aromatic carbocycles. The first-order valence-corrected chi connectivity index (χ1v) is 9.90. The van der Waals surface area contributed by atoms with E-state index in [2.05, 4.69) is 26.1 Å². The van der Waals surface area contributed by atoms with Crippen LogP contribution in [0.2, 0.25) is 0 Å². The largest absolute Gasteiger partial charge is 0.370 e. The van der Waals surface area contributed by atoms with Gasteiger partial charge in [0.1, 0.15) is 0 Å². The van der Waals surface area contributed by atoms with Crippen LogP contribution in [-0.4, -0.2) is 61.3 Å². The van der Waals surface area contributed by atoms with Gasteiger partial charge in [-0.2, -0.15) is 0 Å². The molecule has 1 aromatic rings. The van der Waals surface area contributed by atoms with Crippen LogP contribution in [0.5, 0.6) is 0 Å². The van der Waals surface area contributed by atoms with Crippen molar-refractivity contribution >= 4 is 57.7 Å². The van der Waals surface area contributed by atoms with Crippen molar-refractivity contribution in [2.45, 2.75) is 25.8 Å². The SMILES string of the molecule is CN(C)C(=O)CNC(=NCc1ccc(Br)cc1)N1CCCC(CC(N)=O)C1.I. The van der Waals surface area contributed by atoms with Crippen molar-refractivity contribution in [3.05, 3.63) is 34.3 Å². The molecule has 0 spiro atoms. The highest BCUT2D eigenvalue weighted by molar-refractivity contribution is 14.0. The molecule has 9 heteroatoms. The van der Waals surface area contributed by atoms with Crippen LogP contribution >= 0.6 is 39.9 Å².